The van der Waals surface area contributed by atoms with Crippen molar-refractivity contribution >= 4 is 114 Å². The number of anilines is 3. The van der Waals surface area contributed by atoms with E-state index in [4.69, 9.17) is 8.83 Å². The van der Waals surface area contributed by atoms with Crippen molar-refractivity contribution < 1.29 is 8.83 Å². The van der Waals surface area contributed by atoms with Gasteiger partial charge in [0.15, 0.2) is 0 Å². The zero-order chi connectivity index (χ0) is 42.6. The van der Waals surface area contributed by atoms with Crippen molar-refractivity contribution in [3.8, 4) is 27.9 Å². The molecule has 0 bridgehead atoms. The Kier molecular flexibility index (Phi) is 7.82. The van der Waals surface area contributed by atoms with Gasteiger partial charge in [0, 0.05) is 70.3 Å². The number of hydrogen-bond acceptors (Lipinski definition) is 4. The van der Waals surface area contributed by atoms with Crippen molar-refractivity contribution in [1.82, 2.24) is 4.57 Å². The Morgan fingerprint density at radius 3 is 1.72 bits per heavy atom. The van der Waals surface area contributed by atoms with E-state index in [-0.39, 0.29) is 0 Å². The van der Waals surface area contributed by atoms with E-state index in [0.717, 1.165) is 88.9 Å². The Bertz CT molecular complexity index is 4150. The number of para-hydroxylation sites is 5. The van der Waals surface area contributed by atoms with E-state index in [1.54, 1.807) is 0 Å². The topological polar surface area (TPSA) is 34.5 Å². The van der Waals surface area contributed by atoms with E-state index in [1.807, 2.05) is 23.5 Å². The summed E-state index contributed by atoms with van der Waals surface area (Å²) in [5.74, 6) is 0. The van der Waals surface area contributed by atoms with Crippen LogP contribution in [0.25, 0.3) is 114 Å². The van der Waals surface area contributed by atoms with E-state index in [9.17, 15) is 0 Å². The zero-order valence-electron chi connectivity index (χ0n) is 34.9. The molecule has 304 valence electrons. The Labute approximate surface area is 377 Å². The molecule has 0 fully saturated rings. The summed E-state index contributed by atoms with van der Waals surface area (Å²) >= 11 is 1.84. The van der Waals surface area contributed by atoms with Crippen LogP contribution in [0.5, 0.6) is 0 Å². The lowest BCUT2D eigenvalue weighted by Crippen LogP contribution is -2.11. The van der Waals surface area contributed by atoms with Gasteiger partial charge in [-0.1, -0.05) is 146 Å². The van der Waals surface area contributed by atoms with E-state index < -0.39 is 0 Å². The van der Waals surface area contributed by atoms with Gasteiger partial charge < -0.3 is 18.3 Å². The minimum atomic E-state index is 0.852. The molecule has 4 nitrogen and oxygen atoms in total. The predicted molar refractivity (Wildman–Crippen MR) is 274 cm³/mol. The molecule has 0 spiro atoms. The SMILES string of the molecule is c1cc(-c2c(N(c3ccc(-c4cccc5c4oc4ccccc45)cc3)c3cccc4c3sc3ccccc34)ccc3c2oc2ccccc23)cc(-n2c3ccccc3c3ccccc32)c1. The van der Waals surface area contributed by atoms with Gasteiger partial charge in [-0.05, 0) is 83.9 Å². The molecule has 5 heteroatoms. The van der Waals surface area contributed by atoms with Gasteiger partial charge in [-0.25, -0.2) is 0 Å². The van der Waals surface area contributed by atoms with Crippen LogP contribution in [0.1, 0.15) is 0 Å². The molecular formula is C60H36N2O2S. The lowest BCUT2D eigenvalue weighted by Gasteiger charge is -2.29. The van der Waals surface area contributed by atoms with Crippen LogP contribution >= 0.6 is 11.3 Å². The second-order valence-electron chi connectivity index (χ2n) is 16.8. The van der Waals surface area contributed by atoms with Crippen molar-refractivity contribution in [1.29, 1.82) is 0 Å². The summed E-state index contributed by atoms with van der Waals surface area (Å²) in [5, 5.41) is 9.38. The Morgan fingerprint density at radius 1 is 0.385 bits per heavy atom. The molecule has 0 atom stereocenters. The van der Waals surface area contributed by atoms with E-state index in [1.165, 1.54) is 42.0 Å². The first-order chi connectivity index (χ1) is 32.2. The fourth-order valence-corrected chi connectivity index (χ4v) is 11.5. The van der Waals surface area contributed by atoms with Crippen molar-refractivity contribution in [3.05, 3.63) is 218 Å². The van der Waals surface area contributed by atoms with Crippen LogP contribution in [0.3, 0.4) is 0 Å². The summed E-state index contributed by atoms with van der Waals surface area (Å²) in [6.07, 6.45) is 0. The monoisotopic (exact) mass is 848 g/mol. The Hall–Kier alpha value is -8.38. The van der Waals surface area contributed by atoms with E-state index in [0.29, 0.717) is 0 Å². The number of rotatable bonds is 6. The van der Waals surface area contributed by atoms with Crippen molar-refractivity contribution in [2.75, 3.05) is 4.90 Å². The van der Waals surface area contributed by atoms with Gasteiger partial charge in [0.05, 0.1) is 27.1 Å². The second kappa shape index (κ2) is 14.1. The molecular weight excluding hydrogens is 813 g/mol. The van der Waals surface area contributed by atoms with Crippen LogP contribution < -0.4 is 4.90 Å². The number of furan rings is 2. The number of hydrogen-bond donors (Lipinski definition) is 0. The minimum Gasteiger partial charge on any atom is -0.455 e. The molecule has 0 saturated carbocycles. The molecule has 0 radical (unpaired) electrons. The molecule has 0 saturated heterocycles. The summed E-state index contributed by atoms with van der Waals surface area (Å²) in [6, 6.07) is 78.4. The average Bonchev–Trinajstić information content (AvgIpc) is 4.14. The molecule has 4 aromatic heterocycles. The molecule has 0 N–H and O–H groups in total. The van der Waals surface area contributed by atoms with Crippen molar-refractivity contribution in [2.24, 2.45) is 0 Å². The summed E-state index contributed by atoms with van der Waals surface area (Å²) in [6.45, 7) is 0. The highest BCUT2D eigenvalue weighted by Crippen LogP contribution is 2.51. The fraction of sp³-hybridized carbons (Fsp3) is 0. The van der Waals surface area contributed by atoms with Crippen LogP contribution in [-0.2, 0) is 0 Å². The van der Waals surface area contributed by atoms with Gasteiger partial charge in [0.2, 0.25) is 0 Å². The summed E-state index contributed by atoms with van der Waals surface area (Å²) in [5.41, 5.74) is 14.3. The molecule has 0 aliphatic heterocycles. The van der Waals surface area contributed by atoms with Gasteiger partial charge in [0.25, 0.3) is 0 Å². The van der Waals surface area contributed by atoms with Crippen LogP contribution in [0.15, 0.2) is 227 Å². The molecule has 4 heterocycles. The van der Waals surface area contributed by atoms with Crippen LogP contribution in [0, 0.1) is 0 Å². The van der Waals surface area contributed by atoms with Crippen LogP contribution in [-0.4, -0.2) is 4.57 Å². The maximum Gasteiger partial charge on any atom is 0.145 e. The standard InChI is InChI=1S/C60H36N2O2S/c1-6-24-50-42(16-1)43-17-2-7-25-51(43)62(50)40-15-11-14-38(36-40)57-52(35-34-48-45-19-4-9-28-55(45)64-59(48)57)61(53-26-13-23-49-46-20-5-10-29-56(46)65-60(49)53)39-32-30-37(31-33-39)41-21-12-22-47-44-18-3-8-27-54(44)63-58(41)47/h1-36H. The smallest absolute Gasteiger partial charge is 0.145 e. The van der Waals surface area contributed by atoms with Crippen molar-refractivity contribution in [3.63, 3.8) is 0 Å². The Morgan fingerprint density at radius 2 is 0.969 bits per heavy atom. The molecule has 0 aliphatic carbocycles. The van der Waals surface area contributed by atoms with E-state index >= 15 is 0 Å². The van der Waals surface area contributed by atoms with Gasteiger partial charge in [-0.2, -0.15) is 0 Å². The number of benzene rings is 10. The number of thiophene rings is 1. The lowest BCUT2D eigenvalue weighted by atomic mass is 9.97. The largest absolute Gasteiger partial charge is 0.455 e. The summed E-state index contributed by atoms with van der Waals surface area (Å²) in [4.78, 5) is 2.44. The third-order valence-corrected chi connectivity index (χ3v) is 14.4. The molecule has 14 aromatic rings. The first-order valence-corrected chi connectivity index (χ1v) is 22.8. The molecule has 0 amide bonds. The third kappa shape index (κ3) is 5.43. The molecule has 14 rings (SSSR count). The summed E-state index contributed by atoms with van der Waals surface area (Å²) < 4.78 is 18.4. The van der Waals surface area contributed by atoms with Crippen LogP contribution in [0.2, 0.25) is 0 Å². The normalized spacial score (nSPS) is 12.0. The van der Waals surface area contributed by atoms with Crippen molar-refractivity contribution in [2.45, 2.75) is 0 Å². The minimum absolute atomic E-state index is 0.852. The molecule has 10 aromatic carbocycles. The van der Waals surface area contributed by atoms with E-state index in [2.05, 4.69) is 216 Å². The quantitative estimate of drug-likeness (QED) is 0.167. The van der Waals surface area contributed by atoms with Crippen LogP contribution in [0.4, 0.5) is 17.1 Å². The molecule has 65 heavy (non-hydrogen) atoms. The van der Waals surface area contributed by atoms with Gasteiger partial charge in [0.1, 0.15) is 22.3 Å². The second-order valence-corrected chi connectivity index (χ2v) is 17.8. The summed E-state index contributed by atoms with van der Waals surface area (Å²) in [7, 11) is 0. The zero-order valence-corrected chi connectivity index (χ0v) is 35.7. The van der Waals surface area contributed by atoms with Gasteiger partial charge >= 0.3 is 0 Å². The highest BCUT2D eigenvalue weighted by molar-refractivity contribution is 7.26. The maximum absolute atomic E-state index is 7.01. The highest BCUT2D eigenvalue weighted by atomic mass is 32.1. The first kappa shape index (κ1) is 36.1. The molecule has 0 aliphatic rings. The lowest BCUT2D eigenvalue weighted by molar-refractivity contribution is 0.669. The predicted octanol–water partition coefficient (Wildman–Crippen LogP) is 17.8. The molecule has 0 unspecified atom stereocenters. The number of aromatic nitrogens is 1. The van der Waals surface area contributed by atoms with Gasteiger partial charge in [-0.3, -0.25) is 0 Å². The maximum atomic E-state index is 7.01. The Balaban J connectivity index is 1.03. The average molecular weight is 849 g/mol. The highest BCUT2D eigenvalue weighted by Gasteiger charge is 2.26. The number of fused-ring (bicyclic) bond motifs is 12. The first-order valence-electron chi connectivity index (χ1n) is 22.0. The third-order valence-electron chi connectivity index (χ3n) is 13.2. The number of nitrogens with zero attached hydrogens (tertiary/aromatic N) is 2. The van der Waals surface area contributed by atoms with Gasteiger partial charge in [-0.15, -0.1) is 11.3 Å². The fourth-order valence-electron chi connectivity index (χ4n) is 10.3.